The minimum atomic E-state index is -0.360. The van der Waals surface area contributed by atoms with E-state index in [1.165, 1.54) is 11.1 Å². The van der Waals surface area contributed by atoms with Gasteiger partial charge in [0.1, 0.15) is 18.0 Å². The Labute approximate surface area is 154 Å². The summed E-state index contributed by atoms with van der Waals surface area (Å²) >= 11 is 0. The van der Waals surface area contributed by atoms with Gasteiger partial charge >= 0.3 is 0 Å². The molecule has 2 saturated carbocycles. The predicted octanol–water partition coefficient (Wildman–Crippen LogP) is 3.10. The van der Waals surface area contributed by atoms with Gasteiger partial charge in [-0.05, 0) is 73.0 Å². The summed E-state index contributed by atoms with van der Waals surface area (Å²) in [6.07, 6.45) is 3.97. The molecule has 26 heavy (non-hydrogen) atoms. The van der Waals surface area contributed by atoms with Crippen LogP contribution in [-0.2, 0) is 21.6 Å². The van der Waals surface area contributed by atoms with E-state index in [1.807, 2.05) is 12.1 Å². The number of fused-ring (bicyclic) bond motifs is 3. The van der Waals surface area contributed by atoms with Crippen LogP contribution in [0.3, 0.4) is 0 Å². The number of carbonyl (C=O) groups is 1. The molecule has 3 aliphatic carbocycles. The van der Waals surface area contributed by atoms with Crippen LogP contribution < -0.4 is 0 Å². The van der Waals surface area contributed by atoms with E-state index in [2.05, 4.69) is 20.8 Å². The smallest absolute Gasteiger partial charge is 0.162 e. The van der Waals surface area contributed by atoms with Crippen LogP contribution >= 0.6 is 0 Å². The molecule has 1 aromatic rings. The monoisotopic (exact) mass is 356 g/mol. The van der Waals surface area contributed by atoms with Crippen LogP contribution in [0, 0.1) is 36.0 Å². The Balaban J connectivity index is 1.61. The number of ether oxygens (including phenoxy) is 1. The van der Waals surface area contributed by atoms with Crippen molar-refractivity contribution in [1.82, 2.24) is 0 Å². The summed E-state index contributed by atoms with van der Waals surface area (Å²) in [6, 6.07) is 3.82. The van der Waals surface area contributed by atoms with Crippen LogP contribution in [0.1, 0.15) is 49.8 Å². The normalized spacial score (nSPS) is 45.3. The number of phenolic OH excluding ortho intramolecular Hbond substituents is 1. The van der Waals surface area contributed by atoms with Crippen LogP contribution in [-0.4, -0.2) is 28.7 Å². The van der Waals surface area contributed by atoms with Gasteiger partial charge in [-0.3, -0.25) is 4.79 Å². The van der Waals surface area contributed by atoms with Gasteiger partial charge < -0.3 is 14.9 Å². The molecule has 3 fully saturated rings. The molecule has 0 aromatic heterocycles. The highest BCUT2D eigenvalue weighted by Gasteiger charge is 2.75. The highest BCUT2D eigenvalue weighted by molar-refractivity contribution is 5.83. The summed E-state index contributed by atoms with van der Waals surface area (Å²) < 4.78 is 6.40. The average molecular weight is 356 g/mol. The van der Waals surface area contributed by atoms with Gasteiger partial charge in [0, 0.05) is 11.5 Å². The molecule has 140 valence electrons. The van der Waals surface area contributed by atoms with Gasteiger partial charge in [-0.25, -0.2) is 0 Å². The van der Waals surface area contributed by atoms with Crippen molar-refractivity contribution in [3.63, 3.8) is 0 Å². The van der Waals surface area contributed by atoms with Gasteiger partial charge in [-0.15, -0.1) is 0 Å². The summed E-state index contributed by atoms with van der Waals surface area (Å²) in [5, 5.41) is 20.2. The Bertz CT molecular complexity index is 802. The second-order valence-corrected chi connectivity index (χ2v) is 9.43. The summed E-state index contributed by atoms with van der Waals surface area (Å²) in [5.74, 6) is 1.34. The minimum absolute atomic E-state index is 0.00875. The number of ketones is 1. The zero-order valence-electron chi connectivity index (χ0n) is 15.8. The third-order valence-electron chi connectivity index (χ3n) is 8.30. The van der Waals surface area contributed by atoms with Crippen molar-refractivity contribution in [2.75, 3.05) is 6.61 Å². The van der Waals surface area contributed by atoms with E-state index in [4.69, 9.17) is 4.74 Å². The quantitative estimate of drug-likeness (QED) is 0.799. The number of phenols is 1. The number of hydrogen-bond acceptors (Lipinski definition) is 4. The van der Waals surface area contributed by atoms with Gasteiger partial charge in [0.05, 0.1) is 6.10 Å². The first-order valence-corrected chi connectivity index (χ1v) is 9.98. The molecule has 0 radical (unpaired) electrons. The van der Waals surface area contributed by atoms with Crippen LogP contribution in [0.4, 0.5) is 0 Å². The molecular formula is C22H28O4. The molecule has 1 aliphatic heterocycles. The maximum atomic E-state index is 12.5. The van der Waals surface area contributed by atoms with Gasteiger partial charge in [-0.1, -0.05) is 19.9 Å². The molecular weight excluding hydrogens is 328 g/mol. The summed E-state index contributed by atoms with van der Waals surface area (Å²) in [5.41, 5.74) is 3.09. The van der Waals surface area contributed by atoms with Crippen LogP contribution in [0.25, 0.3) is 0 Å². The van der Waals surface area contributed by atoms with Gasteiger partial charge in [0.2, 0.25) is 0 Å². The zero-order chi connectivity index (χ0) is 18.4. The number of benzene rings is 1. The summed E-state index contributed by atoms with van der Waals surface area (Å²) in [4.78, 5) is 12.5. The molecule has 0 unspecified atom stereocenters. The first-order valence-electron chi connectivity index (χ1n) is 9.98. The molecule has 4 heteroatoms. The molecule has 1 saturated heterocycles. The van der Waals surface area contributed by atoms with E-state index in [1.54, 1.807) is 0 Å². The van der Waals surface area contributed by atoms with E-state index in [0.717, 1.165) is 31.2 Å². The SMILES string of the molecule is Cc1ccc(O)c2c1CC[C@H]1[C@@H]3C[C@@H](C)[C@H](C(=O)CO)[C@@]3(C)C[C@@H]3O[C@@]231. The van der Waals surface area contributed by atoms with Crippen molar-refractivity contribution >= 4 is 5.78 Å². The number of epoxide rings is 1. The number of aryl methyl sites for hydroxylation is 1. The Hall–Kier alpha value is -1.39. The zero-order valence-corrected chi connectivity index (χ0v) is 15.8. The van der Waals surface area contributed by atoms with E-state index < -0.39 is 0 Å². The van der Waals surface area contributed by atoms with E-state index >= 15 is 0 Å². The molecule has 0 amide bonds. The number of aliphatic hydroxyl groups is 1. The molecule has 4 nitrogen and oxygen atoms in total. The lowest BCUT2D eigenvalue weighted by Gasteiger charge is -2.48. The molecule has 1 spiro atoms. The number of aromatic hydroxyl groups is 1. The number of hydrogen-bond donors (Lipinski definition) is 2. The summed E-state index contributed by atoms with van der Waals surface area (Å²) in [7, 11) is 0. The van der Waals surface area contributed by atoms with E-state index in [9.17, 15) is 15.0 Å². The Morgan fingerprint density at radius 2 is 2.12 bits per heavy atom. The Kier molecular flexibility index (Phi) is 3.29. The van der Waals surface area contributed by atoms with Crippen molar-refractivity contribution in [1.29, 1.82) is 0 Å². The fraction of sp³-hybridized carbons (Fsp3) is 0.682. The third kappa shape index (κ3) is 1.80. The topological polar surface area (TPSA) is 70.1 Å². The lowest BCUT2D eigenvalue weighted by atomic mass is 9.53. The average Bonchev–Trinajstić information content (AvgIpc) is 3.22. The second-order valence-electron chi connectivity index (χ2n) is 9.43. The molecule has 1 heterocycles. The lowest BCUT2D eigenvalue weighted by molar-refractivity contribution is -0.131. The maximum Gasteiger partial charge on any atom is 0.162 e. The van der Waals surface area contributed by atoms with Crippen LogP contribution in [0.15, 0.2) is 12.1 Å². The van der Waals surface area contributed by atoms with E-state index in [0.29, 0.717) is 23.5 Å². The summed E-state index contributed by atoms with van der Waals surface area (Å²) in [6.45, 7) is 6.17. The van der Waals surface area contributed by atoms with E-state index in [-0.39, 0.29) is 35.4 Å². The van der Waals surface area contributed by atoms with Crippen molar-refractivity contribution in [2.45, 2.75) is 58.2 Å². The molecule has 5 rings (SSSR count). The highest BCUT2D eigenvalue weighted by Crippen LogP contribution is 2.73. The molecule has 4 aliphatic rings. The van der Waals surface area contributed by atoms with Crippen molar-refractivity contribution in [2.24, 2.45) is 29.1 Å². The Morgan fingerprint density at radius 3 is 2.85 bits per heavy atom. The lowest BCUT2D eigenvalue weighted by Crippen LogP contribution is -2.49. The standard InChI is InChI=1S/C22H28O4/c1-11-4-7-16(24)20-13(11)5-6-14-15-8-12(2)19(17(25)10-23)21(15,3)9-18-22(14,20)26-18/h4,7,12,14-15,18-19,23-24H,5-6,8-10H2,1-3H3/t12-,14+,15+,18+,19-,21+,22-/m1/s1. The molecule has 2 N–H and O–H groups in total. The Morgan fingerprint density at radius 1 is 1.35 bits per heavy atom. The van der Waals surface area contributed by atoms with Crippen LogP contribution in [0.5, 0.6) is 5.75 Å². The van der Waals surface area contributed by atoms with Crippen LogP contribution in [0.2, 0.25) is 0 Å². The fourth-order valence-electron chi connectivity index (χ4n) is 7.41. The molecule has 7 atom stereocenters. The van der Waals surface area contributed by atoms with Crippen molar-refractivity contribution in [3.05, 3.63) is 28.8 Å². The van der Waals surface area contributed by atoms with Gasteiger partial charge in [0.25, 0.3) is 0 Å². The predicted molar refractivity (Wildman–Crippen MR) is 96.8 cm³/mol. The molecule has 0 bridgehead atoms. The first-order chi connectivity index (χ1) is 12.3. The minimum Gasteiger partial charge on any atom is -0.508 e. The highest BCUT2D eigenvalue weighted by atomic mass is 16.6. The largest absolute Gasteiger partial charge is 0.508 e. The van der Waals surface area contributed by atoms with Gasteiger partial charge in [0.15, 0.2) is 5.78 Å². The number of aliphatic hydroxyl groups excluding tert-OH is 1. The first kappa shape index (κ1) is 16.8. The third-order valence-corrected chi connectivity index (χ3v) is 8.30. The van der Waals surface area contributed by atoms with Gasteiger partial charge in [-0.2, -0.15) is 0 Å². The fourth-order valence-corrected chi connectivity index (χ4v) is 7.41. The maximum absolute atomic E-state index is 12.5. The molecule has 1 aromatic carbocycles. The number of Topliss-reactive ketones (excluding diaryl/α,β-unsaturated/α-hetero) is 1. The van der Waals surface area contributed by atoms with Crippen molar-refractivity contribution in [3.8, 4) is 5.75 Å². The van der Waals surface area contributed by atoms with Crippen molar-refractivity contribution < 1.29 is 19.7 Å². The number of carbonyl (C=O) groups excluding carboxylic acids is 1. The number of rotatable bonds is 2. The second kappa shape index (κ2) is 5.11.